The number of ether oxygens (including phenoxy) is 2. The molecule has 0 bridgehead atoms. The van der Waals surface area contributed by atoms with Gasteiger partial charge in [-0.25, -0.2) is 0 Å². The largest absolute Gasteiger partial charge is 0.494 e. The van der Waals surface area contributed by atoms with Gasteiger partial charge in [0.15, 0.2) is 6.61 Å². The first-order chi connectivity index (χ1) is 12.7. The Morgan fingerprint density at radius 3 is 2.37 bits per heavy atom. The van der Waals surface area contributed by atoms with E-state index in [0.717, 1.165) is 0 Å². The molecule has 0 radical (unpaired) electrons. The summed E-state index contributed by atoms with van der Waals surface area (Å²) in [5.41, 5.74) is -0.684. The summed E-state index contributed by atoms with van der Waals surface area (Å²) in [6.45, 7) is 6.67. The molecule has 1 aromatic rings. The lowest BCUT2D eigenvalue weighted by molar-refractivity contribution is -0.147. The van der Waals surface area contributed by atoms with Crippen LogP contribution in [0.15, 0.2) is 24.3 Å². The van der Waals surface area contributed by atoms with E-state index in [-0.39, 0.29) is 12.5 Å². The van der Waals surface area contributed by atoms with E-state index in [9.17, 15) is 14.4 Å². The molecule has 0 aromatic heterocycles. The standard InChI is InChI=1S/C19H25N3O5/c1-5-26-15-8-6-14(7-9-15)18(25)21-10-17(24)27-11-16(23)22-19(4,12-20)13(2)3/h6-9,13H,5,10-11H2,1-4H3,(H,21,25)(H,22,23)/t19-/m1/s1. The van der Waals surface area contributed by atoms with Crippen LogP contribution in [-0.2, 0) is 14.3 Å². The zero-order valence-corrected chi connectivity index (χ0v) is 16.0. The monoisotopic (exact) mass is 375 g/mol. The lowest BCUT2D eigenvalue weighted by Crippen LogP contribution is -2.50. The number of benzene rings is 1. The quantitative estimate of drug-likeness (QED) is 0.630. The average molecular weight is 375 g/mol. The minimum Gasteiger partial charge on any atom is -0.494 e. The molecule has 8 nitrogen and oxygen atoms in total. The van der Waals surface area contributed by atoms with Crippen LogP contribution in [0.1, 0.15) is 38.1 Å². The van der Waals surface area contributed by atoms with Crippen LogP contribution in [0, 0.1) is 17.2 Å². The fourth-order valence-corrected chi connectivity index (χ4v) is 1.95. The van der Waals surface area contributed by atoms with Crippen molar-refractivity contribution in [3.05, 3.63) is 29.8 Å². The number of nitrogens with one attached hydrogen (secondary N) is 2. The molecule has 0 saturated carbocycles. The van der Waals surface area contributed by atoms with Crippen LogP contribution >= 0.6 is 0 Å². The fraction of sp³-hybridized carbons (Fsp3) is 0.474. The van der Waals surface area contributed by atoms with E-state index >= 15 is 0 Å². The summed E-state index contributed by atoms with van der Waals surface area (Å²) in [4.78, 5) is 35.5. The van der Waals surface area contributed by atoms with Gasteiger partial charge in [0.1, 0.15) is 17.8 Å². The molecular formula is C19H25N3O5. The number of carbonyl (C=O) groups excluding carboxylic acids is 3. The number of amides is 2. The number of esters is 1. The van der Waals surface area contributed by atoms with Crippen LogP contribution in [0.3, 0.4) is 0 Å². The third-order valence-electron chi connectivity index (χ3n) is 3.97. The molecule has 27 heavy (non-hydrogen) atoms. The van der Waals surface area contributed by atoms with Crippen molar-refractivity contribution in [2.45, 2.75) is 33.2 Å². The Kier molecular flexibility index (Phi) is 8.27. The number of nitrogens with zero attached hydrogens (tertiary/aromatic N) is 1. The molecular weight excluding hydrogens is 350 g/mol. The van der Waals surface area contributed by atoms with Crippen molar-refractivity contribution in [2.75, 3.05) is 19.8 Å². The summed E-state index contributed by atoms with van der Waals surface area (Å²) in [5.74, 6) is -1.26. The highest BCUT2D eigenvalue weighted by Crippen LogP contribution is 2.14. The molecule has 0 heterocycles. The molecule has 0 spiro atoms. The van der Waals surface area contributed by atoms with E-state index in [4.69, 9.17) is 14.7 Å². The highest BCUT2D eigenvalue weighted by Gasteiger charge is 2.30. The molecule has 2 N–H and O–H groups in total. The fourth-order valence-electron chi connectivity index (χ4n) is 1.95. The van der Waals surface area contributed by atoms with E-state index in [1.54, 1.807) is 45.0 Å². The summed E-state index contributed by atoms with van der Waals surface area (Å²) in [7, 11) is 0. The molecule has 8 heteroatoms. The zero-order chi connectivity index (χ0) is 20.4. The highest BCUT2D eigenvalue weighted by molar-refractivity contribution is 5.96. The van der Waals surface area contributed by atoms with Gasteiger partial charge in [0.05, 0.1) is 12.7 Å². The van der Waals surface area contributed by atoms with Crippen molar-refractivity contribution >= 4 is 17.8 Å². The summed E-state index contributed by atoms with van der Waals surface area (Å²) in [6.07, 6.45) is 0. The molecule has 0 unspecified atom stereocenters. The van der Waals surface area contributed by atoms with Crippen LogP contribution in [0.25, 0.3) is 0 Å². The molecule has 0 aliphatic heterocycles. The summed E-state index contributed by atoms with van der Waals surface area (Å²) in [5, 5.41) is 14.1. The van der Waals surface area contributed by atoms with Gasteiger partial charge in [-0.3, -0.25) is 14.4 Å². The topological polar surface area (TPSA) is 118 Å². The Labute approximate surface area is 158 Å². The molecule has 0 fully saturated rings. The second-order valence-corrected chi connectivity index (χ2v) is 6.32. The molecule has 0 aliphatic rings. The van der Waals surface area contributed by atoms with Gasteiger partial charge >= 0.3 is 5.97 Å². The molecule has 1 rings (SSSR count). The minimum absolute atomic E-state index is 0.115. The van der Waals surface area contributed by atoms with Crippen LogP contribution in [0.4, 0.5) is 0 Å². The van der Waals surface area contributed by atoms with Gasteiger partial charge in [0.2, 0.25) is 0 Å². The maximum absolute atomic E-state index is 12.0. The minimum atomic E-state index is -1.05. The molecule has 0 aliphatic carbocycles. The van der Waals surface area contributed by atoms with Gasteiger partial charge in [-0.05, 0) is 44.0 Å². The highest BCUT2D eigenvalue weighted by atomic mass is 16.5. The normalized spacial score (nSPS) is 12.4. The first kappa shape index (κ1) is 22.0. The maximum Gasteiger partial charge on any atom is 0.325 e. The van der Waals surface area contributed by atoms with Gasteiger partial charge < -0.3 is 20.1 Å². The Morgan fingerprint density at radius 1 is 1.22 bits per heavy atom. The molecule has 2 amide bonds. The number of hydrogen-bond acceptors (Lipinski definition) is 6. The van der Waals surface area contributed by atoms with Crippen molar-refractivity contribution < 1.29 is 23.9 Å². The van der Waals surface area contributed by atoms with Gasteiger partial charge in [-0.15, -0.1) is 0 Å². The Hall–Kier alpha value is -3.08. The molecule has 1 atom stereocenters. The summed E-state index contributed by atoms with van der Waals surface area (Å²) >= 11 is 0. The van der Waals surface area contributed by atoms with Gasteiger partial charge in [-0.2, -0.15) is 5.26 Å². The Morgan fingerprint density at radius 2 is 1.85 bits per heavy atom. The lowest BCUT2D eigenvalue weighted by Gasteiger charge is -2.27. The average Bonchev–Trinajstić information content (AvgIpc) is 2.65. The lowest BCUT2D eigenvalue weighted by atomic mass is 9.90. The molecule has 1 aromatic carbocycles. The molecule has 0 saturated heterocycles. The van der Waals surface area contributed by atoms with Crippen molar-refractivity contribution in [1.82, 2.24) is 10.6 Å². The molecule has 146 valence electrons. The third kappa shape index (κ3) is 6.98. The second kappa shape index (κ2) is 10.2. The zero-order valence-electron chi connectivity index (χ0n) is 16.0. The van der Waals surface area contributed by atoms with Crippen molar-refractivity contribution in [1.29, 1.82) is 5.26 Å². The van der Waals surface area contributed by atoms with Gasteiger partial charge in [-0.1, -0.05) is 13.8 Å². The summed E-state index contributed by atoms with van der Waals surface area (Å²) in [6, 6.07) is 8.49. The van der Waals surface area contributed by atoms with E-state index in [1.165, 1.54) is 0 Å². The van der Waals surface area contributed by atoms with Crippen LogP contribution in [0.5, 0.6) is 5.75 Å². The van der Waals surface area contributed by atoms with Crippen LogP contribution < -0.4 is 15.4 Å². The third-order valence-corrected chi connectivity index (χ3v) is 3.97. The SMILES string of the molecule is CCOc1ccc(C(=O)NCC(=O)OCC(=O)N[C@](C)(C#N)C(C)C)cc1. The number of hydrogen-bond donors (Lipinski definition) is 2. The first-order valence-corrected chi connectivity index (χ1v) is 8.60. The second-order valence-electron chi connectivity index (χ2n) is 6.32. The van der Waals surface area contributed by atoms with Crippen LogP contribution in [0.2, 0.25) is 0 Å². The van der Waals surface area contributed by atoms with Gasteiger partial charge in [0.25, 0.3) is 11.8 Å². The Balaban J connectivity index is 2.41. The van der Waals surface area contributed by atoms with E-state index < -0.39 is 29.9 Å². The predicted molar refractivity (Wildman–Crippen MR) is 97.9 cm³/mol. The smallest absolute Gasteiger partial charge is 0.325 e. The van der Waals surface area contributed by atoms with Crippen molar-refractivity contribution in [3.8, 4) is 11.8 Å². The first-order valence-electron chi connectivity index (χ1n) is 8.60. The number of nitriles is 1. The Bertz CT molecular complexity index is 709. The predicted octanol–water partition coefficient (Wildman–Crippen LogP) is 1.41. The van der Waals surface area contributed by atoms with Gasteiger partial charge in [0, 0.05) is 5.56 Å². The van der Waals surface area contributed by atoms with E-state index in [1.807, 2.05) is 13.0 Å². The van der Waals surface area contributed by atoms with Crippen LogP contribution in [-0.4, -0.2) is 43.1 Å². The van der Waals surface area contributed by atoms with Crippen molar-refractivity contribution in [2.24, 2.45) is 5.92 Å². The van der Waals surface area contributed by atoms with E-state index in [0.29, 0.717) is 17.9 Å². The van der Waals surface area contributed by atoms with Crippen molar-refractivity contribution in [3.63, 3.8) is 0 Å². The van der Waals surface area contributed by atoms with E-state index in [2.05, 4.69) is 10.6 Å². The number of carbonyl (C=O) groups is 3. The summed E-state index contributed by atoms with van der Waals surface area (Å²) < 4.78 is 10.1. The maximum atomic E-state index is 12.0. The number of rotatable bonds is 9.